The molecule has 0 aromatic heterocycles. The van der Waals surface area contributed by atoms with Crippen LogP contribution in [0.3, 0.4) is 0 Å². The smallest absolute Gasteiger partial charge is 0.185 e. The van der Waals surface area contributed by atoms with Crippen LogP contribution in [0.2, 0.25) is 0 Å². The number of aliphatic imine (C=N–C) groups is 1. The van der Waals surface area contributed by atoms with Crippen LogP contribution in [-0.4, -0.2) is 34.4 Å². The maximum Gasteiger partial charge on any atom is 0.185 e. The number of guanidine groups is 1. The number of rotatable bonds is 9. The van der Waals surface area contributed by atoms with Crippen LogP contribution in [0.4, 0.5) is 0 Å². The maximum absolute atomic E-state index is 10.1. The van der Waals surface area contributed by atoms with Gasteiger partial charge in [-0.05, 0) is 58.5 Å². The highest BCUT2D eigenvalue weighted by atomic mass is 16.3. The molecule has 0 aliphatic heterocycles. The maximum atomic E-state index is 10.1. The van der Waals surface area contributed by atoms with Gasteiger partial charge in [0, 0.05) is 13.2 Å². The molecule has 42 heavy (non-hydrogen) atoms. The zero-order chi connectivity index (χ0) is 31.9. The van der Waals surface area contributed by atoms with Gasteiger partial charge >= 0.3 is 0 Å². The van der Waals surface area contributed by atoms with Gasteiger partial charge in [-0.3, -0.25) is 4.99 Å². The quantitative estimate of drug-likeness (QED) is 0.116. The lowest BCUT2D eigenvalue weighted by Gasteiger charge is -2.31. The SMILES string of the molecule is C.CC(C(O)c1ccccc1)C(C)(C)C.CC(C)(C)C(CO)CCCN=C(N)N.CC(C)(C)CC(O)c1ccccc1. The van der Waals surface area contributed by atoms with E-state index < -0.39 is 0 Å². The minimum absolute atomic E-state index is 0. The topological polar surface area (TPSA) is 125 Å². The van der Waals surface area contributed by atoms with Crippen molar-refractivity contribution in [2.24, 2.45) is 44.5 Å². The number of aliphatic hydroxyl groups is 3. The summed E-state index contributed by atoms with van der Waals surface area (Å²) < 4.78 is 0. The lowest BCUT2D eigenvalue weighted by atomic mass is 9.77. The van der Waals surface area contributed by atoms with Crippen LogP contribution in [0.1, 0.15) is 119 Å². The van der Waals surface area contributed by atoms with E-state index in [2.05, 4.69) is 74.2 Å². The lowest BCUT2D eigenvalue weighted by molar-refractivity contribution is 0.0535. The van der Waals surface area contributed by atoms with E-state index in [1.807, 2.05) is 60.7 Å². The molecule has 0 aliphatic rings. The summed E-state index contributed by atoms with van der Waals surface area (Å²) in [6, 6.07) is 19.7. The molecular weight excluding hydrogens is 522 g/mol. The van der Waals surface area contributed by atoms with Crippen molar-refractivity contribution in [3.63, 3.8) is 0 Å². The highest BCUT2D eigenvalue weighted by molar-refractivity contribution is 5.75. The van der Waals surface area contributed by atoms with E-state index in [1.54, 1.807) is 0 Å². The van der Waals surface area contributed by atoms with Crippen LogP contribution in [0, 0.1) is 28.1 Å². The fraction of sp³-hybridized carbons (Fsp3) is 0.639. The number of hydrogen-bond donors (Lipinski definition) is 5. The van der Waals surface area contributed by atoms with E-state index in [0.717, 1.165) is 30.4 Å². The Bertz CT molecular complexity index is 954. The highest BCUT2D eigenvalue weighted by Crippen LogP contribution is 2.35. The fourth-order valence-electron chi connectivity index (χ4n) is 4.13. The Morgan fingerprint density at radius 1 is 0.762 bits per heavy atom. The van der Waals surface area contributed by atoms with Crippen molar-refractivity contribution < 1.29 is 15.3 Å². The second-order valence-corrected chi connectivity index (χ2v) is 14.4. The molecule has 0 heterocycles. The summed E-state index contributed by atoms with van der Waals surface area (Å²) in [6.07, 6.45) is 1.98. The molecular formula is C36H65N3O3. The molecule has 0 bridgehead atoms. The van der Waals surface area contributed by atoms with Gasteiger partial charge in [0.25, 0.3) is 0 Å². The van der Waals surface area contributed by atoms with Crippen LogP contribution in [0.5, 0.6) is 0 Å². The molecule has 0 radical (unpaired) electrons. The second-order valence-electron chi connectivity index (χ2n) is 14.4. The molecule has 0 fully saturated rings. The molecule has 2 rings (SSSR count). The molecule has 2 aromatic rings. The molecule has 0 spiro atoms. The standard InChI is InChI=1S/C13H20O.C12H18O.C10H23N3O.CH4/c1-10(13(2,3)4)12(14)11-8-6-5-7-9-11;1-12(2,3)9-11(13)10-7-5-4-6-8-10;1-10(2,3)8(7-14)5-4-6-13-9(11)12;/h5-10,12,14H,1-4H3;4-8,11,13H,9H2,1-3H3;8,14H,4-7H2,1-3H3,(H4,11,12,13);1H4. The van der Waals surface area contributed by atoms with Crippen molar-refractivity contribution in [2.45, 2.75) is 108 Å². The van der Waals surface area contributed by atoms with Crippen molar-refractivity contribution in [2.75, 3.05) is 13.2 Å². The number of nitrogens with zero attached hydrogens (tertiary/aromatic N) is 1. The van der Waals surface area contributed by atoms with Gasteiger partial charge in [-0.1, -0.05) is 137 Å². The first-order chi connectivity index (χ1) is 18.8. The Morgan fingerprint density at radius 3 is 1.57 bits per heavy atom. The van der Waals surface area contributed by atoms with Gasteiger partial charge in [-0.15, -0.1) is 0 Å². The lowest BCUT2D eigenvalue weighted by Crippen LogP contribution is -2.25. The summed E-state index contributed by atoms with van der Waals surface area (Å²) in [5.74, 6) is 0.711. The molecule has 4 atom stereocenters. The average molecular weight is 588 g/mol. The molecule has 0 saturated heterocycles. The van der Waals surface area contributed by atoms with Crippen LogP contribution < -0.4 is 11.5 Å². The van der Waals surface area contributed by atoms with Gasteiger partial charge in [0.1, 0.15) is 0 Å². The van der Waals surface area contributed by atoms with Crippen LogP contribution in [0.25, 0.3) is 0 Å². The van der Waals surface area contributed by atoms with Crippen LogP contribution in [0.15, 0.2) is 65.7 Å². The Morgan fingerprint density at radius 2 is 1.21 bits per heavy atom. The van der Waals surface area contributed by atoms with Gasteiger partial charge in [-0.2, -0.15) is 0 Å². The van der Waals surface area contributed by atoms with Gasteiger partial charge in [0.15, 0.2) is 5.96 Å². The molecule has 2 aromatic carbocycles. The summed E-state index contributed by atoms with van der Waals surface area (Å²) in [4.78, 5) is 3.90. The Kier molecular flexibility index (Phi) is 19.6. The molecule has 6 nitrogen and oxygen atoms in total. The normalized spacial score (nSPS) is 14.4. The molecule has 0 amide bonds. The molecule has 7 N–H and O–H groups in total. The first-order valence-electron chi connectivity index (χ1n) is 14.9. The van der Waals surface area contributed by atoms with E-state index in [-0.39, 0.29) is 54.4 Å². The summed E-state index contributed by atoms with van der Waals surface area (Å²) in [7, 11) is 0. The zero-order valence-corrected chi connectivity index (χ0v) is 27.6. The van der Waals surface area contributed by atoms with Gasteiger partial charge in [0.2, 0.25) is 0 Å². The number of hydrogen-bond acceptors (Lipinski definition) is 4. The molecule has 0 aliphatic carbocycles. The Hall–Kier alpha value is -2.41. The summed E-state index contributed by atoms with van der Waals surface area (Å²) in [5.41, 5.74) is 12.9. The summed E-state index contributed by atoms with van der Waals surface area (Å²) >= 11 is 0. The van der Waals surface area contributed by atoms with Crippen molar-refractivity contribution in [3.8, 4) is 0 Å². The Balaban J connectivity index is 0. The molecule has 0 saturated carbocycles. The molecule has 6 heteroatoms. The van der Waals surface area contributed by atoms with Crippen molar-refractivity contribution in [1.82, 2.24) is 0 Å². The van der Waals surface area contributed by atoms with Crippen molar-refractivity contribution >= 4 is 5.96 Å². The number of nitrogens with two attached hydrogens (primary N) is 2. The van der Waals surface area contributed by atoms with Crippen molar-refractivity contribution in [1.29, 1.82) is 0 Å². The van der Waals surface area contributed by atoms with Crippen LogP contribution in [-0.2, 0) is 0 Å². The highest BCUT2D eigenvalue weighted by Gasteiger charge is 2.27. The molecule has 4 unspecified atom stereocenters. The Labute approximate surface area is 258 Å². The predicted octanol–water partition coefficient (Wildman–Crippen LogP) is 7.89. The third-order valence-electron chi connectivity index (χ3n) is 7.42. The summed E-state index contributed by atoms with van der Waals surface area (Å²) in [5, 5.41) is 29.2. The second kappa shape index (κ2) is 19.7. The van der Waals surface area contributed by atoms with E-state index in [0.29, 0.717) is 12.5 Å². The van der Waals surface area contributed by atoms with Crippen molar-refractivity contribution in [3.05, 3.63) is 71.8 Å². The third kappa shape index (κ3) is 18.9. The van der Waals surface area contributed by atoms with E-state index in [1.165, 1.54) is 0 Å². The average Bonchev–Trinajstić information content (AvgIpc) is 2.87. The number of aliphatic hydroxyl groups excluding tert-OH is 3. The largest absolute Gasteiger partial charge is 0.396 e. The minimum atomic E-state index is -0.365. The zero-order valence-electron chi connectivity index (χ0n) is 27.6. The number of benzene rings is 2. The fourth-order valence-corrected chi connectivity index (χ4v) is 4.13. The van der Waals surface area contributed by atoms with E-state index in [4.69, 9.17) is 11.5 Å². The first kappa shape index (κ1) is 41.7. The summed E-state index contributed by atoms with van der Waals surface area (Å²) in [6.45, 7) is 22.3. The molecule has 242 valence electrons. The monoisotopic (exact) mass is 588 g/mol. The van der Waals surface area contributed by atoms with E-state index in [9.17, 15) is 15.3 Å². The van der Waals surface area contributed by atoms with Gasteiger partial charge < -0.3 is 26.8 Å². The van der Waals surface area contributed by atoms with Gasteiger partial charge in [-0.25, -0.2) is 0 Å². The van der Waals surface area contributed by atoms with E-state index >= 15 is 0 Å². The first-order valence-corrected chi connectivity index (χ1v) is 14.9. The van der Waals surface area contributed by atoms with Gasteiger partial charge in [0.05, 0.1) is 12.2 Å². The van der Waals surface area contributed by atoms with Crippen LogP contribution >= 0.6 is 0 Å². The predicted molar refractivity (Wildman–Crippen MR) is 182 cm³/mol. The third-order valence-corrected chi connectivity index (χ3v) is 7.42. The minimum Gasteiger partial charge on any atom is -0.396 e.